The molecule has 4 heteroatoms. The number of benzene rings is 1. The Morgan fingerprint density at radius 1 is 1.24 bits per heavy atom. The number of carbonyl (C=O) groups excluding carboxylic acids is 1. The molecule has 3 nitrogen and oxygen atoms in total. The van der Waals surface area contributed by atoms with Gasteiger partial charge in [0.25, 0.3) is 0 Å². The van der Waals surface area contributed by atoms with Gasteiger partial charge in [-0.25, -0.2) is 4.79 Å². The van der Waals surface area contributed by atoms with Crippen LogP contribution in [-0.2, 0) is 11.3 Å². The largest absolute Gasteiger partial charge is 0.457 e. The highest BCUT2D eigenvalue weighted by molar-refractivity contribution is 6.30. The lowest BCUT2D eigenvalue weighted by atomic mass is 10.2. The lowest BCUT2D eigenvalue weighted by Gasteiger charge is -2.04. The highest BCUT2D eigenvalue weighted by Crippen LogP contribution is 2.11. The Hall–Kier alpha value is -1.87. The Labute approximate surface area is 104 Å². The van der Waals surface area contributed by atoms with Crippen molar-refractivity contribution in [1.82, 2.24) is 4.98 Å². The number of hydrogen-bond donors (Lipinski definition) is 0. The summed E-state index contributed by atoms with van der Waals surface area (Å²) < 4.78 is 5.13. The molecular formula is C13H10ClNO2. The fraction of sp³-hybridized carbons (Fsp3) is 0.0769. The highest BCUT2D eigenvalue weighted by atomic mass is 35.5. The van der Waals surface area contributed by atoms with Crippen molar-refractivity contribution in [3.05, 3.63) is 64.9 Å². The van der Waals surface area contributed by atoms with E-state index >= 15 is 0 Å². The van der Waals surface area contributed by atoms with E-state index < -0.39 is 0 Å². The SMILES string of the molecule is O=C(OCc1ccc(Cl)cc1)c1cccnc1. The van der Waals surface area contributed by atoms with Crippen LogP contribution in [0.25, 0.3) is 0 Å². The second kappa shape index (κ2) is 5.46. The van der Waals surface area contributed by atoms with Gasteiger partial charge in [-0.05, 0) is 29.8 Å². The Balaban J connectivity index is 1.95. The number of aromatic nitrogens is 1. The normalized spacial score (nSPS) is 9.94. The third-order valence-electron chi connectivity index (χ3n) is 2.18. The minimum atomic E-state index is -0.381. The molecule has 1 aromatic carbocycles. The molecule has 0 saturated heterocycles. The number of rotatable bonds is 3. The molecule has 0 aliphatic carbocycles. The minimum Gasteiger partial charge on any atom is -0.457 e. The maximum Gasteiger partial charge on any atom is 0.340 e. The third kappa shape index (κ3) is 3.29. The molecule has 0 radical (unpaired) electrons. The molecule has 0 atom stereocenters. The molecule has 0 aliphatic heterocycles. The maximum absolute atomic E-state index is 11.6. The second-order valence-electron chi connectivity index (χ2n) is 3.44. The quantitative estimate of drug-likeness (QED) is 0.783. The standard InChI is InChI=1S/C13H10ClNO2/c14-12-5-3-10(4-6-12)9-17-13(16)11-2-1-7-15-8-11/h1-8H,9H2. The smallest absolute Gasteiger partial charge is 0.340 e. The fourth-order valence-electron chi connectivity index (χ4n) is 1.30. The summed E-state index contributed by atoms with van der Waals surface area (Å²) in [5.74, 6) is -0.381. The van der Waals surface area contributed by atoms with Crippen LogP contribution in [0.15, 0.2) is 48.8 Å². The van der Waals surface area contributed by atoms with Crippen LogP contribution in [-0.4, -0.2) is 11.0 Å². The first-order valence-corrected chi connectivity index (χ1v) is 5.45. The first-order chi connectivity index (χ1) is 8.25. The summed E-state index contributed by atoms with van der Waals surface area (Å²) in [6.45, 7) is 0.227. The average molecular weight is 248 g/mol. The van der Waals surface area contributed by atoms with E-state index in [1.165, 1.54) is 6.20 Å². The van der Waals surface area contributed by atoms with Gasteiger partial charge in [-0.2, -0.15) is 0 Å². The molecule has 0 unspecified atom stereocenters. The molecule has 0 spiro atoms. The van der Waals surface area contributed by atoms with Crippen LogP contribution in [0.5, 0.6) is 0 Å². The van der Waals surface area contributed by atoms with Gasteiger partial charge in [0.15, 0.2) is 0 Å². The molecule has 86 valence electrons. The van der Waals surface area contributed by atoms with Gasteiger partial charge in [0.1, 0.15) is 6.61 Å². The summed E-state index contributed by atoms with van der Waals surface area (Å²) in [5, 5.41) is 0.660. The van der Waals surface area contributed by atoms with Gasteiger partial charge in [0, 0.05) is 17.4 Å². The van der Waals surface area contributed by atoms with Crippen LogP contribution in [0, 0.1) is 0 Å². The summed E-state index contributed by atoms with van der Waals surface area (Å²) in [6.07, 6.45) is 3.08. The number of halogens is 1. The fourth-order valence-corrected chi connectivity index (χ4v) is 1.42. The number of pyridine rings is 1. The molecule has 0 N–H and O–H groups in total. The van der Waals surface area contributed by atoms with Gasteiger partial charge in [-0.1, -0.05) is 23.7 Å². The van der Waals surface area contributed by atoms with Gasteiger partial charge in [-0.15, -0.1) is 0 Å². The molecule has 0 amide bonds. The zero-order valence-electron chi connectivity index (χ0n) is 8.97. The molecule has 0 fully saturated rings. The van der Waals surface area contributed by atoms with Crippen LogP contribution in [0.1, 0.15) is 15.9 Å². The second-order valence-corrected chi connectivity index (χ2v) is 3.88. The van der Waals surface area contributed by atoms with E-state index in [1.807, 2.05) is 12.1 Å². The highest BCUT2D eigenvalue weighted by Gasteiger charge is 2.06. The van der Waals surface area contributed by atoms with Crippen molar-refractivity contribution in [3.8, 4) is 0 Å². The van der Waals surface area contributed by atoms with Gasteiger partial charge < -0.3 is 4.74 Å². The van der Waals surface area contributed by atoms with Gasteiger partial charge in [-0.3, -0.25) is 4.98 Å². The van der Waals surface area contributed by atoms with Gasteiger partial charge in [0.05, 0.1) is 5.56 Å². The Morgan fingerprint density at radius 3 is 2.65 bits per heavy atom. The monoisotopic (exact) mass is 247 g/mol. The van der Waals surface area contributed by atoms with Gasteiger partial charge in [0.2, 0.25) is 0 Å². The van der Waals surface area contributed by atoms with E-state index in [4.69, 9.17) is 16.3 Å². The molecule has 1 aromatic heterocycles. The van der Waals surface area contributed by atoms with E-state index in [-0.39, 0.29) is 12.6 Å². The Kier molecular flexibility index (Phi) is 3.73. The van der Waals surface area contributed by atoms with E-state index in [0.717, 1.165) is 5.56 Å². The molecule has 1 heterocycles. The summed E-state index contributed by atoms with van der Waals surface area (Å²) in [5.41, 5.74) is 1.34. The van der Waals surface area contributed by atoms with E-state index in [0.29, 0.717) is 10.6 Å². The lowest BCUT2D eigenvalue weighted by molar-refractivity contribution is 0.0472. The number of ether oxygens (including phenoxy) is 1. The van der Waals surface area contributed by atoms with Crippen molar-refractivity contribution in [1.29, 1.82) is 0 Å². The molecule has 0 bridgehead atoms. The van der Waals surface area contributed by atoms with E-state index in [1.54, 1.807) is 30.5 Å². The topological polar surface area (TPSA) is 39.2 Å². The third-order valence-corrected chi connectivity index (χ3v) is 2.43. The lowest BCUT2D eigenvalue weighted by Crippen LogP contribution is -2.05. The summed E-state index contributed by atoms with van der Waals surface area (Å²) in [7, 11) is 0. The zero-order chi connectivity index (χ0) is 12.1. The van der Waals surface area contributed by atoms with Gasteiger partial charge >= 0.3 is 5.97 Å². The van der Waals surface area contributed by atoms with Crippen LogP contribution in [0.3, 0.4) is 0 Å². The average Bonchev–Trinajstić information content (AvgIpc) is 2.39. The molecule has 0 aliphatic rings. The summed E-state index contributed by atoms with van der Waals surface area (Å²) >= 11 is 5.75. The molecule has 17 heavy (non-hydrogen) atoms. The van der Waals surface area contributed by atoms with Crippen molar-refractivity contribution < 1.29 is 9.53 Å². The molecule has 2 rings (SSSR count). The molecule has 0 saturated carbocycles. The van der Waals surface area contributed by atoms with Crippen molar-refractivity contribution in [2.45, 2.75) is 6.61 Å². The zero-order valence-corrected chi connectivity index (χ0v) is 9.72. The summed E-state index contributed by atoms with van der Waals surface area (Å²) in [6, 6.07) is 10.5. The van der Waals surface area contributed by atoms with Crippen LogP contribution in [0.4, 0.5) is 0 Å². The van der Waals surface area contributed by atoms with Crippen molar-refractivity contribution in [2.75, 3.05) is 0 Å². The first-order valence-electron chi connectivity index (χ1n) is 5.07. The Bertz CT molecular complexity index is 497. The minimum absolute atomic E-state index is 0.227. The maximum atomic E-state index is 11.6. The van der Waals surface area contributed by atoms with Crippen molar-refractivity contribution in [2.24, 2.45) is 0 Å². The Morgan fingerprint density at radius 2 is 2.00 bits per heavy atom. The first kappa shape index (κ1) is 11.6. The summed E-state index contributed by atoms with van der Waals surface area (Å²) in [4.78, 5) is 15.5. The van der Waals surface area contributed by atoms with Crippen molar-refractivity contribution >= 4 is 17.6 Å². The van der Waals surface area contributed by atoms with E-state index in [2.05, 4.69) is 4.98 Å². The van der Waals surface area contributed by atoms with E-state index in [9.17, 15) is 4.79 Å². The molecular weight excluding hydrogens is 238 g/mol. The number of nitrogens with zero attached hydrogens (tertiary/aromatic N) is 1. The van der Waals surface area contributed by atoms with Crippen LogP contribution >= 0.6 is 11.6 Å². The van der Waals surface area contributed by atoms with Crippen molar-refractivity contribution in [3.63, 3.8) is 0 Å². The van der Waals surface area contributed by atoms with Crippen LogP contribution in [0.2, 0.25) is 5.02 Å². The predicted molar refractivity (Wildman–Crippen MR) is 64.8 cm³/mol. The predicted octanol–water partition coefficient (Wildman–Crippen LogP) is 3.09. The molecule has 2 aromatic rings. The number of carbonyl (C=O) groups is 1. The van der Waals surface area contributed by atoms with Crippen LogP contribution < -0.4 is 0 Å². The number of esters is 1. The number of hydrogen-bond acceptors (Lipinski definition) is 3.